The molecule has 1 aromatic heterocycles. The van der Waals surface area contributed by atoms with Crippen LogP contribution in [0.4, 0.5) is 5.69 Å². The molecule has 7 nitrogen and oxygen atoms in total. The predicted molar refractivity (Wildman–Crippen MR) is 118 cm³/mol. The van der Waals surface area contributed by atoms with Gasteiger partial charge >= 0.3 is 0 Å². The second-order valence-corrected chi connectivity index (χ2v) is 7.60. The average Bonchev–Trinajstić information content (AvgIpc) is 2.97. The molecule has 8 heteroatoms. The van der Waals surface area contributed by atoms with E-state index >= 15 is 0 Å². The van der Waals surface area contributed by atoms with Crippen molar-refractivity contribution >= 4 is 33.5 Å². The Balaban J connectivity index is 1.67. The van der Waals surface area contributed by atoms with Crippen LogP contribution in [-0.4, -0.2) is 41.8 Å². The molecule has 0 atom stereocenters. The Bertz CT molecular complexity index is 830. The number of halogens is 1. The van der Waals surface area contributed by atoms with Crippen LogP contribution in [0.3, 0.4) is 0 Å². The molecule has 0 saturated carbocycles. The first-order chi connectivity index (χ1) is 13.4. The van der Waals surface area contributed by atoms with Gasteiger partial charge in [-0.2, -0.15) is 5.10 Å². The monoisotopic (exact) mass is 448 g/mol. The number of benzene rings is 1. The molecular weight excluding hydrogens is 420 g/mol. The highest BCUT2D eigenvalue weighted by Gasteiger charge is 2.06. The number of aromatic nitrogens is 2. The Hall–Kier alpha value is -2.35. The number of nitrogens with one attached hydrogen (secondary N) is 3. The Labute approximate surface area is 175 Å². The first-order valence-corrected chi connectivity index (χ1v) is 10.2. The number of aryl methyl sites for hydroxylation is 4. The fourth-order valence-electron chi connectivity index (χ4n) is 2.79. The van der Waals surface area contributed by atoms with E-state index in [2.05, 4.69) is 55.0 Å². The van der Waals surface area contributed by atoms with Crippen molar-refractivity contribution in [1.82, 2.24) is 20.4 Å². The van der Waals surface area contributed by atoms with Gasteiger partial charge in [-0.25, -0.2) is 0 Å². The summed E-state index contributed by atoms with van der Waals surface area (Å²) in [5, 5.41) is 13.8. The van der Waals surface area contributed by atoms with Crippen LogP contribution in [0.5, 0.6) is 0 Å². The summed E-state index contributed by atoms with van der Waals surface area (Å²) in [6.07, 6.45) is 1.30. The van der Waals surface area contributed by atoms with E-state index in [0.717, 1.165) is 40.9 Å². The maximum atomic E-state index is 12.2. The van der Waals surface area contributed by atoms with Crippen LogP contribution in [0.1, 0.15) is 29.8 Å². The van der Waals surface area contributed by atoms with Gasteiger partial charge in [0.05, 0.1) is 5.69 Å². The van der Waals surface area contributed by atoms with Crippen molar-refractivity contribution in [3.8, 4) is 0 Å². The second kappa shape index (κ2) is 10.8. The topological polar surface area (TPSA) is 83.3 Å². The molecule has 152 valence electrons. The molecule has 1 amide bonds. The molecule has 1 aromatic carbocycles. The van der Waals surface area contributed by atoms with Gasteiger partial charge in [0.25, 0.3) is 0 Å². The molecule has 2 aromatic rings. The van der Waals surface area contributed by atoms with E-state index in [0.29, 0.717) is 18.9 Å². The van der Waals surface area contributed by atoms with E-state index in [1.807, 2.05) is 36.7 Å². The van der Waals surface area contributed by atoms with E-state index in [9.17, 15) is 4.79 Å². The largest absolute Gasteiger partial charge is 0.356 e. The highest BCUT2D eigenvalue weighted by Crippen LogP contribution is 2.20. The zero-order chi connectivity index (χ0) is 20.5. The Morgan fingerprint density at radius 1 is 1.18 bits per heavy atom. The van der Waals surface area contributed by atoms with Gasteiger partial charge in [-0.1, -0.05) is 22.0 Å². The average molecular weight is 449 g/mol. The second-order valence-electron chi connectivity index (χ2n) is 6.69. The quantitative estimate of drug-likeness (QED) is 0.329. The van der Waals surface area contributed by atoms with Crippen molar-refractivity contribution in [3.63, 3.8) is 0 Å². The number of aliphatic imine (C=N–C) groups is 1. The number of hydrogen-bond acceptors (Lipinski definition) is 3. The molecule has 0 aliphatic rings. The standard InChI is InChI=1S/C20H29BrN6O/c1-14-6-7-17(21)13-18(14)25-19(28)8-10-24-20(22-4)23-9-5-11-27-16(3)12-15(2)26-27/h6-7,12-13H,5,8-11H2,1-4H3,(H,25,28)(H2,22,23,24). The summed E-state index contributed by atoms with van der Waals surface area (Å²) in [6.45, 7) is 8.18. The number of anilines is 1. The summed E-state index contributed by atoms with van der Waals surface area (Å²) in [5.41, 5.74) is 4.07. The van der Waals surface area contributed by atoms with E-state index in [4.69, 9.17) is 0 Å². The van der Waals surface area contributed by atoms with Crippen molar-refractivity contribution in [2.24, 2.45) is 4.99 Å². The van der Waals surface area contributed by atoms with Gasteiger partial charge in [-0.3, -0.25) is 14.5 Å². The molecule has 0 radical (unpaired) electrons. The Kier molecular flexibility index (Phi) is 8.50. The molecule has 0 aliphatic heterocycles. The third kappa shape index (κ3) is 6.99. The van der Waals surface area contributed by atoms with Crippen molar-refractivity contribution in [2.75, 3.05) is 25.5 Å². The zero-order valence-electron chi connectivity index (χ0n) is 17.0. The summed E-state index contributed by atoms with van der Waals surface area (Å²) in [5.74, 6) is 0.661. The summed E-state index contributed by atoms with van der Waals surface area (Å²) >= 11 is 3.42. The smallest absolute Gasteiger partial charge is 0.226 e. The lowest BCUT2D eigenvalue weighted by Gasteiger charge is -2.13. The van der Waals surface area contributed by atoms with E-state index in [-0.39, 0.29) is 5.91 Å². The van der Waals surface area contributed by atoms with E-state index in [1.165, 1.54) is 5.69 Å². The van der Waals surface area contributed by atoms with Crippen molar-refractivity contribution in [1.29, 1.82) is 0 Å². The van der Waals surface area contributed by atoms with Crippen LogP contribution in [0.25, 0.3) is 0 Å². The van der Waals surface area contributed by atoms with Gasteiger partial charge in [0.2, 0.25) is 5.91 Å². The van der Waals surface area contributed by atoms with Crippen LogP contribution < -0.4 is 16.0 Å². The zero-order valence-corrected chi connectivity index (χ0v) is 18.6. The van der Waals surface area contributed by atoms with Crippen molar-refractivity contribution in [3.05, 3.63) is 45.7 Å². The molecule has 2 rings (SSSR count). The number of rotatable bonds is 8. The molecule has 28 heavy (non-hydrogen) atoms. The van der Waals surface area contributed by atoms with Crippen LogP contribution in [-0.2, 0) is 11.3 Å². The number of hydrogen-bond donors (Lipinski definition) is 3. The summed E-state index contributed by atoms with van der Waals surface area (Å²) in [6, 6.07) is 7.91. The van der Waals surface area contributed by atoms with Crippen LogP contribution in [0.2, 0.25) is 0 Å². The Morgan fingerprint density at radius 2 is 1.93 bits per heavy atom. The van der Waals surface area contributed by atoms with Gasteiger partial charge < -0.3 is 16.0 Å². The van der Waals surface area contributed by atoms with Crippen LogP contribution in [0, 0.1) is 20.8 Å². The molecular formula is C20H29BrN6O. The minimum absolute atomic E-state index is 0.0336. The first-order valence-electron chi connectivity index (χ1n) is 9.40. The van der Waals surface area contributed by atoms with E-state index in [1.54, 1.807) is 7.05 Å². The van der Waals surface area contributed by atoms with Crippen molar-refractivity contribution in [2.45, 2.75) is 40.2 Å². The summed E-state index contributed by atoms with van der Waals surface area (Å²) in [4.78, 5) is 16.4. The lowest BCUT2D eigenvalue weighted by Crippen LogP contribution is -2.39. The molecule has 0 unspecified atom stereocenters. The highest BCUT2D eigenvalue weighted by molar-refractivity contribution is 9.10. The lowest BCUT2D eigenvalue weighted by molar-refractivity contribution is -0.116. The summed E-state index contributed by atoms with van der Waals surface area (Å²) in [7, 11) is 1.72. The normalized spacial score (nSPS) is 11.4. The number of guanidine groups is 1. The number of amides is 1. The highest BCUT2D eigenvalue weighted by atomic mass is 79.9. The summed E-state index contributed by atoms with van der Waals surface area (Å²) < 4.78 is 2.96. The number of carbonyl (C=O) groups is 1. The SMILES string of the molecule is CN=C(NCCCn1nc(C)cc1C)NCCC(=O)Nc1cc(Br)ccc1C. The van der Waals surface area contributed by atoms with Gasteiger partial charge in [0.15, 0.2) is 5.96 Å². The molecule has 0 bridgehead atoms. The van der Waals surface area contributed by atoms with Gasteiger partial charge in [-0.15, -0.1) is 0 Å². The van der Waals surface area contributed by atoms with Crippen molar-refractivity contribution < 1.29 is 4.79 Å². The third-order valence-corrected chi connectivity index (χ3v) is 4.78. The molecule has 0 spiro atoms. The van der Waals surface area contributed by atoms with Crippen LogP contribution in [0.15, 0.2) is 33.7 Å². The Morgan fingerprint density at radius 3 is 2.61 bits per heavy atom. The number of carbonyl (C=O) groups excluding carboxylic acids is 1. The fourth-order valence-corrected chi connectivity index (χ4v) is 3.15. The van der Waals surface area contributed by atoms with Gasteiger partial charge in [0.1, 0.15) is 0 Å². The molecule has 1 heterocycles. The molecule has 3 N–H and O–H groups in total. The fraction of sp³-hybridized carbons (Fsp3) is 0.450. The minimum atomic E-state index is -0.0336. The predicted octanol–water partition coefficient (Wildman–Crippen LogP) is 3.15. The maximum Gasteiger partial charge on any atom is 0.226 e. The molecule has 0 aliphatic carbocycles. The number of nitrogens with zero attached hydrogens (tertiary/aromatic N) is 3. The molecule has 0 fully saturated rings. The lowest BCUT2D eigenvalue weighted by atomic mass is 10.2. The first kappa shape index (κ1) is 21.9. The third-order valence-electron chi connectivity index (χ3n) is 4.28. The minimum Gasteiger partial charge on any atom is -0.356 e. The maximum absolute atomic E-state index is 12.2. The van der Waals surface area contributed by atoms with Gasteiger partial charge in [-0.05, 0) is 51.0 Å². The van der Waals surface area contributed by atoms with E-state index < -0.39 is 0 Å². The molecule has 0 saturated heterocycles. The van der Waals surface area contributed by atoms with Crippen LogP contribution >= 0.6 is 15.9 Å². The van der Waals surface area contributed by atoms with Gasteiger partial charge in [0, 0.05) is 49.0 Å².